The lowest BCUT2D eigenvalue weighted by atomic mass is 10.0. The van der Waals surface area contributed by atoms with Gasteiger partial charge in [-0.15, -0.1) is 0 Å². The number of anilines is 1. The maximum atomic E-state index is 13.3. The number of sulfone groups is 1. The molecule has 42 heavy (non-hydrogen) atoms. The number of aliphatic hydroxyl groups excluding tert-OH is 1. The average Bonchev–Trinajstić information content (AvgIpc) is 2.94. The number of rotatable bonds is 12. The Morgan fingerprint density at radius 1 is 1.00 bits per heavy atom. The van der Waals surface area contributed by atoms with Crippen molar-refractivity contribution < 1.29 is 32.6 Å². The lowest BCUT2D eigenvalue weighted by molar-refractivity contribution is -0.160. The number of ether oxygens (including phenoxy) is 2. The Morgan fingerprint density at radius 3 is 2.26 bits per heavy atom. The van der Waals surface area contributed by atoms with E-state index in [1.165, 1.54) is 30.3 Å². The molecule has 0 spiro atoms. The van der Waals surface area contributed by atoms with Crippen LogP contribution in [0.25, 0.3) is 0 Å². The van der Waals surface area contributed by atoms with Crippen LogP contribution < -0.4 is 10.6 Å². The number of carbonyl (C=O) groups excluding carboxylic acids is 2. The van der Waals surface area contributed by atoms with Crippen LogP contribution in [0.2, 0.25) is 5.02 Å². The Hall–Kier alpha value is -3.44. The van der Waals surface area contributed by atoms with Gasteiger partial charge in [0.15, 0.2) is 0 Å². The highest BCUT2D eigenvalue weighted by molar-refractivity contribution is 7.91. The fourth-order valence-corrected chi connectivity index (χ4v) is 5.69. The number of nitrogens with one attached hydrogen (secondary N) is 2. The molecule has 3 rings (SSSR count). The first kappa shape index (κ1) is 33.1. The summed E-state index contributed by atoms with van der Waals surface area (Å²) in [5.41, 5.74) is 1.10. The summed E-state index contributed by atoms with van der Waals surface area (Å²) < 4.78 is 37.3. The summed E-state index contributed by atoms with van der Waals surface area (Å²) in [6.07, 6.45) is -0.772. The van der Waals surface area contributed by atoms with Crippen LogP contribution in [0.5, 0.6) is 0 Å². The standard InChI is InChI=1S/C31H37ClN2O7S/c1-6-40-29(36)25-19-24(14-15-26(25)33-5)42(38,39)23-12-10-20(11-13-23)16-17-34-27(30(37)41-31(2,3)4)28(35)21-8-7-9-22(32)18-21/h7-15,18-19,27-28,33-35H,6,16-17H2,1-5H3/t27?,28-/m1/s1. The predicted octanol–water partition coefficient (Wildman–Crippen LogP) is 4.97. The lowest BCUT2D eigenvalue weighted by Gasteiger charge is -2.27. The molecule has 0 fully saturated rings. The van der Waals surface area contributed by atoms with Crippen LogP contribution in [0.4, 0.5) is 5.69 Å². The van der Waals surface area contributed by atoms with Gasteiger partial charge in [0.2, 0.25) is 9.84 Å². The molecule has 0 bridgehead atoms. The number of carbonyl (C=O) groups is 2. The molecule has 2 atom stereocenters. The maximum absolute atomic E-state index is 13.3. The van der Waals surface area contributed by atoms with E-state index in [9.17, 15) is 23.1 Å². The van der Waals surface area contributed by atoms with E-state index in [1.807, 2.05) is 0 Å². The fourth-order valence-electron chi connectivity index (χ4n) is 4.20. The lowest BCUT2D eigenvalue weighted by Crippen LogP contribution is -2.46. The maximum Gasteiger partial charge on any atom is 0.340 e. The molecular formula is C31H37ClN2O7S. The van der Waals surface area contributed by atoms with Crippen LogP contribution in [0.3, 0.4) is 0 Å². The molecule has 3 aromatic carbocycles. The normalized spacial score (nSPS) is 13.2. The molecule has 3 aromatic rings. The second kappa shape index (κ2) is 14.2. The Labute approximate surface area is 252 Å². The minimum absolute atomic E-state index is 0.0332. The molecule has 0 amide bonds. The van der Waals surface area contributed by atoms with Crippen LogP contribution in [0.15, 0.2) is 76.5 Å². The third kappa shape index (κ3) is 8.54. The van der Waals surface area contributed by atoms with Crippen LogP contribution in [0, 0.1) is 0 Å². The summed E-state index contributed by atoms with van der Waals surface area (Å²) in [4.78, 5) is 25.4. The van der Waals surface area contributed by atoms with Crippen molar-refractivity contribution in [3.05, 3.63) is 88.4 Å². The van der Waals surface area contributed by atoms with Crippen LogP contribution in [-0.4, -0.2) is 57.3 Å². The first-order chi connectivity index (χ1) is 19.8. The molecule has 0 aliphatic heterocycles. The number of hydrogen-bond acceptors (Lipinski definition) is 9. The Bertz CT molecular complexity index is 1500. The summed E-state index contributed by atoms with van der Waals surface area (Å²) in [7, 11) is -2.28. The monoisotopic (exact) mass is 616 g/mol. The topological polar surface area (TPSA) is 131 Å². The van der Waals surface area contributed by atoms with Crippen molar-refractivity contribution in [2.75, 3.05) is 25.5 Å². The van der Waals surface area contributed by atoms with Crippen molar-refractivity contribution in [1.29, 1.82) is 0 Å². The molecule has 0 heterocycles. The van der Waals surface area contributed by atoms with Crippen LogP contribution in [-0.2, 0) is 30.5 Å². The van der Waals surface area contributed by atoms with Crippen molar-refractivity contribution in [1.82, 2.24) is 5.32 Å². The van der Waals surface area contributed by atoms with Gasteiger partial charge in [-0.25, -0.2) is 13.2 Å². The third-order valence-electron chi connectivity index (χ3n) is 6.24. The van der Waals surface area contributed by atoms with Crippen molar-refractivity contribution in [3.63, 3.8) is 0 Å². The highest BCUT2D eigenvalue weighted by Gasteiger charge is 2.32. The van der Waals surface area contributed by atoms with Gasteiger partial charge in [0.1, 0.15) is 17.7 Å². The van der Waals surface area contributed by atoms with Gasteiger partial charge in [-0.2, -0.15) is 0 Å². The van der Waals surface area contributed by atoms with Gasteiger partial charge in [-0.3, -0.25) is 4.79 Å². The van der Waals surface area contributed by atoms with E-state index >= 15 is 0 Å². The average molecular weight is 617 g/mol. The van der Waals surface area contributed by atoms with E-state index in [0.29, 0.717) is 29.2 Å². The van der Waals surface area contributed by atoms with E-state index in [4.69, 9.17) is 21.1 Å². The molecule has 0 aromatic heterocycles. The minimum atomic E-state index is -3.92. The summed E-state index contributed by atoms with van der Waals surface area (Å²) in [5.74, 6) is -1.23. The smallest absolute Gasteiger partial charge is 0.340 e. The zero-order valence-electron chi connectivity index (χ0n) is 24.3. The van der Waals surface area contributed by atoms with E-state index in [0.717, 1.165) is 5.56 Å². The third-order valence-corrected chi connectivity index (χ3v) is 8.25. The Balaban J connectivity index is 1.75. The molecule has 0 radical (unpaired) electrons. The van der Waals surface area contributed by atoms with E-state index in [1.54, 1.807) is 71.1 Å². The van der Waals surface area contributed by atoms with Gasteiger partial charge in [0.25, 0.3) is 0 Å². The highest BCUT2D eigenvalue weighted by Crippen LogP contribution is 2.27. The number of benzene rings is 3. The molecule has 11 heteroatoms. The van der Waals surface area contributed by atoms with Crippen molar-refractivity contribution >= 4 is 39.1 Å². The molecule has 3 N–H and O–H groups in total. The van der Waals surface area contributed by atoms with Crippen LogP contribution >= 0.6 is 11.6 Å². The molecule has 1 unspecified atom stereocenters. The Morgan fingerprint density at radius 2 is 1.67 bits per heavy atom. The zero-order valence-corrected chi connectivity index (χ0v) is 25.9. The molecule has 0 aliphatic rings. The summed E-state index contributed by atoms with van der Waals surface area (Å²) >= 11 is 6.08. The van der Waals surface area contributed by atoms with Gasteiger partial charge in [0, 0.05) is 24.3 Å². The number of halogens is 1. The first-order valence-electron chi connectivity index (χ1n) is 13.5. The quantitative estimate of drug-likeness (QED) is 0.241. The predicted molar refractivity (Wildman–Crippen MR) is 162 cm³/mol. The highest BCUT2D eigenvalue weighted by atomic mass is 35.5. The van der Waals surface area contributed by atoms with E-state index in [-0.39, 0.29) is 22.0 Å². The van der Waals surface area contributed by atoms with Gasteiger partial charge < -0.3 is 25.2 Å². The van der Waals surface area contributed by atoms with Crippen molar-refractivity contribution in [2.45, 2.75) is 61.7 Å². The molecule has 0 saturated heterocycles. The zero-order chi connectivity index (χ0) is 31.1. The second-order valence-corrected chi connectivity index (χ2v) is 12.9. The SMILES string of the molecule is CCOC(=O)c1cc(S(=O)(=O)c2ccc(CCNC(C(=O)OC(C)(C)C)[C@H](O)c3cccc(Cl)c3)cc2)ccc1NC. The van der Waals surface area contributed by atoms with Gasteiger partial charge in [0.05, 0.1) is 22.0 Å². The fraction of sp³-hybridized carbons (Fsp3) is 0.355. The molecule has 0 saturated carbocycles. The van der Waals surface area contributed by atoms with Crippen molar-refractivity contribution in [3.8, 4) is 0 Å². The number of esters is 2. The Kier molecular flexibility index (Phi) is 11.1. The van der Waals surface area contributed by atoms with Gasteiger partial charge in [-0.1, -0.05) is 35.9 Å². The summed E-state index contributed by atoms with van der Waals surface area (Å²) in [6, 6.07) is 16.2. The van der Waals surface area contributed by atoms with E-state index < -0.39 is 39.5 Å². The first-order valence-corrected chi connectivity index (χ1v) is 15.4. The van der Waals surface area contributed by atoms with Gasteiger partial charge >= 0.3 is 11.9 Å². The number of hydrogen-bond donors (Lipinski definition) is 3. The molecular weight excluding hydrogens is 580 g/mol. The summed E-state index contributed by atoms with van der Waals surface area (Å²) in [5, 5.41) is 17.4. The van der Waals surface area contributed by atoms with Crippen LogP contribution in [0.1, 0.15) is 55.3 Å². The molecule has 9 nitrogen and oxygen atoms in total. The second-order valence-electron chi connectivity index (χ2n) is 10.5. The largest absolute Gasteiger partial charge is 0.462 e. The minimum Gasteiger partial charge on any atom is -0.462 e. The van der Waals surface area contributed by atoms with E-state index in [2.05, 4.69) is 10.6 Å². The van der Waals surface area contributed by atoms with Gasteiger partial charge in [-0.05, 0) is 87.7 Å². The van der Waals surface area contributed by atoms with Crippen molar-refractivity contribution in [2.24, 2.45) is 0 Å². The summed E-state index contributed by atoms with van der Waals surface area (Å²) in [6.45, 7) is 7.37. The molecule has 226 valence electrons. The number of aliphatic hydroxyl groups is 1. The molecule has 0 aliphatic carbocycles.